The molecule has 2 rings (SSSR count). The Morgan fingerprint density at radius 2 is 1.23 bits per heavy atom. The molecule has 0 unspecified atom stereocenters. The number of esters is 1. The lowest BCUT2D eigenvalue weighted by atomic mass is 9.90. The van der Waals surface area contributed by atoms with Crippen LogP contribution in [0.25, 0.3) is 0 Å². The van der Waals surface area contributed by atoms with Gasteiger partial charge in [0.05, 0.1) is 0 Å². The Labute approximate surface area is 136 Å². The molecule has 0 aliphatic heterocycles. The van der Waals surface area contributed by atoms with Gasteiger partial charge in [-0.05, 0) is 51.4 Å². The van der Waals surface area contributed by atoms with Crippen molar-refractivity contribution < 1.29 is 9.53 Å². The molecule has 22 heavy (non-hydrogen) atoms. The third-order valence-corrected chi connectivity index (χ3v) is 5.28. The average molecular weight is 306 g/mol. The zero-order valence-corrected chi connectivity index (χ0v) is 14.4. The van der Waals surface area contributed by atoms with E-state index in [1.165, 1.54) is 77.0 Å². The molecule has 2 saturated carbocycles. The van der Waals surface area contributed by atoms with E-state index in [-0.39, 0.29) is 12.1 Å². The second-order valence-corrected chi connectivity index (χ2v) is 7.33. The fourth-order valence-electron chi connectivity index (χ4n) is 3.86. The van der Waals surface area contributed by atoms with E-state index in [4.69, 9.17) is 4.74 Å². The minimum Gasteiger partial charge on any atom is -0.459 e. The first-order chi connectivity index (χ1) is 10.8. The Morgan fingerprint density at radius 3 is 1.77 bits per heavy atom. The van der Waals surface area contributed by atoms with Crippen LogP contribution in [0.4, 0.5) is 0 Å². The van der Waals surface area contributed by atoms with Crippen LogP contribution < -0.4 is 0 Å². The van der Waals surface area contributed by atoms with Crippen molar-refractivity contribution in [2.75, 3.05) is 0 Å². The van der Waals surface area contributed by atoms with Gasteiger partial charge in [-0.3, -0.25) is 0 Å². The van der Waals surface area contributed by atoms with E-state index in [1.54, 1.807) is 0 Å². The normalized spacial score (nSPS) is 24.0. The summed E-state index contributed by atoms with van der Waals surface area (Å²) < 4.78 is 5.78. The Morgan fingerprint density at radius 1 is 0.773 bits per heavy atom. The average Bonchev–Trinajstić information content (AvgIpc) is 2.44. The molecule has 2 aliphatic carbocycles. The zero-order valence-electron chi connectivity index (χ0n) is 14.4. The molecule has 0 aromatic rings. The maximum absolute atomic E-state index is 12.3. The lowest BCUT2D eigenvalue weighted by molar-refractivity contribution is -0.145. The van der Waals surface area contributed by atoms with Gasteiger partial charge >= 0.3 is 5.97 Å². The standard InChI is InChI=1S/C20H34O2/c1-17(16-18-12-8-4-2-5-9-13-18)20(21)22-19-14-10-6-3-7-11-15-19/h16,18-19H,2-15H2,1H3. The van der Waals surface area contributed by atoms with Gasteiger partial charge in [0, 0.05) is 5.57 Å². The quantitative estimate of drug-likeness (QED) is 0.476. The lowest BCUT2D eigenvalue weighted by Gasteiger charge is -2.21. The molecule has 2 fully saturated rings. The minimum absolute atomic E-state index is 0.0624. The van der Waals surface area contributed by atoms with Crippen LogP contribution in [-0.2, 0) is 9.53 Å². The molecule has 0 bridgehead atoms. The van der Waals surface area contributed by atoms with Crippen LogP contribution in [0, 0.1) is 5.92 Å². The highest BCUT2D eigenvalue weighted by Crippen LogP contribution is 2.25. The van der Waals surface area contributed by atoms with Crippen molar-refractivity contribution in [3.8, 4) is 0 Å². The summed E-state index contributed by atoms with van der Waals surface area (Å²) in [6.07, 6.45) is 20.1. The number of rotatable bonds is 3. The van der Waals surface area contributed by atoms with Crippen molar-refractivity contribution in [1.29, 1.82) is 0 Å². The summed E-state index contributed by atoms with van der Waals surface area (Å²) in [4.78, 5) is 12.3. The Kier molecular flexibility index (Phi) is 8.04. The molecule has 0 aromatic heterocycles. The van der Waals surface area contributed by atoms with Crippen LogP contribution in [0.5, 0.6) is 0 Å². The fraction of sp³-hybridized carbons (Fsp3) is 0.850. The highest BCUT2D eigenvalue weighted by atomic mass is 16.5. The molecule has 0 heterocycles. The number of hydrogen-bond acceptors (Lipinski definition) is 2. The van der Waals surface area contributed by atoms with Gasteiger partial charge in [0.15, 0.2) is 0 Å². The van der Waals surface area contributed by atoms with E-state index >= 15 is 0 Å². The monoisotopic (exact) mass is 306 g/mol. The second kappa shape index (κ2) is 10.1. The summed E-state index contributed by atoms with van der Waals surface area (Å²) in [7, 11) is 0. The van der Waals surface area contributed by atoms with Gasteiger partial charge in [0.1, 0.15) is 6.10 Å². The summed E-state index contributed by atoms with van der Waals surface area (Å²) >= 11 is 0. The van der Waals surface area contributed by atoms with Crippen molar-refractivity contribution in [3.05, 3.63) is 11.6 Å². The highest BCUT2D eigenvalue weighted by Gasteiger charge is 2.18. The van der Waals surface area contributed by atoms with E-state index in [0.717, 1.165) is 18.4 Å². The third-order valence-electron chi connectivity index (χ3n) is 5.28. The van der Waals surface area contributed by atoms with Crippen LogP contribution >= 0.6 is 0 Å². The molecular weight excluding hydrogens is 272 g/mol. The number of ether oxygens (including phenoxy) is 1. The molecule has 0 spiro atoms. The van der Waals surface area contributed by atoms with Crippen LogP contribution in [0.3, 0.4) is 0 Å². The van der Waals surface area contributed by atoms with E-state index in [1.807, 2.05) is 6.92 Å². The first kappa shape index (κ1) is 17.6. The third kappa shape index (κ3) is 6.54. The number of carbonyl (C=O) groups excluding carboxylic acids is 1. The molecule has 0 radical (unpaired) electrons. The predicted octanol–water partition coefficient (Wildman–Crippen LogP) is 5.95. The smallest absolute Gasteiger partial charge is 0.333 e. The van der Waals surface area contributed by atoms with Crippen LogP contribution in [0.1, 0.15) is 96.8 Å². The molecule has 2 heteroatoms. The van der Waals surface area contributed by atoms with Crippen molar-refractivity contribution in [2.24, 2.45) is 5.92 Å². The van der Waals surface area contributed by atoms with E-state index < -0.39 is 0 Å². The fourth-order valence-corrected chi connectivity index (χ4v) is 3.86. The molecule has 0 aromatic carbocycles. The Balaban J connectivity index is 1.82. The van der Waals surface area contributed by atoms with Crippen LogP contribution in [0.15, 0.2) is 11.6 Å². The summed E-state index contributed by atoms with van der Waals surface area (Å²) in [6, 6.07) is 0. The number of allylic oxidation sites excluding steroid dienone is 1. The van der Waals surface area contributed by atoms with Gasteiger partial charge in [-0.1, -0.05) is 57.4 Å². The van der Waals surface area contributed by atoms with Crippen molar-refractivity contribution in [2.45, 2.75) is 103 Å². The largest absolute Gasteiger partial charge is 0.459 e. The molecule has 0 amide bonds. The lowest BCUT2D eigenvalue weighted by Crippen LogP contribution is -2.20. The van der Waals surface area contributed by atoms with Gasteiger partial charge in [0.25, 0.3) is 0 Å². The van der Waals surface area contributed by atoms with Crippen molar-refractivity contribution >= 4 is 5.97 Å². The maximum Gasteiger partial charge on any atom is 0.333 e. The second-order valence-electron chi connectivity index (χ2n) is 7.33. The van der Waals surface area contributed by atoms with Gasteiger partial charge in [-0.2, -0.15) is 0 Å². The van der Waals surface area contributed by atoms with E-state index in [9.17, 15) is 4.79 Å². The molecular formula is C20H34O2. The summed E-state index contributed by atoms with van der Waals surface area (Å²) in [6.45, 7) is 1.95. The Hall–Kier alpha value is -0.790. The van der Waals surface area contributed by atoms with Gasteiger partial charge < -0.3 is 4.74 Å². The molecule has 2 aliphatic rings. The van der Waals surface area contributed by atoms with E-state index in [2.05, 4.69) is 6.08 Å². The summed E-state index contributed by atoms with van der Waals surface area (Å²) in [5.41, 5.74) is 0.840. The molecule has 126 valence electrons. The minimum atomic E-state index is -0.0624. The molecule has 2 nitrogen and oxygen atoms in total. The zero-order chi connectivity index (χ0) is 15.6. The maximum atomic E-state index is 12.3. The summed E-state index contributed by atoms with van der Waals surface area (Å²) in [5.74, 6) is 0.526. The molecule has 0 saturated heterocycles. The number of carbonyl (C=O) groups is 1. The molecule has 0 N–H and O–H groups in total. The number of hydrogen-bond donors (Lipinski definition) is 0. The summed E-state index contributed by atoms with van der Waals surface area (Å²) in [5, 5.41) is 0. The van der Waals surface area contributed by atoms with Crippen LogP contribution in [-0.4, -0.2) is 12.1 Å². The van der Waals surface area contributed by atoms with Gasteiger partial charge in [0.2, 0.25) is 0 Å². The van der Waals surface area contributed by atoms with Crippen LogP contribution in [0.2, 0.25) is 0 Å². The van der Waals surface area contributed by atoms with Crippen molar-refractivity contribution in [3.63, 3.8) is 0 Å². The van der Waals surface area contributed by atoms with E-state index in [0.29, 0.717) is 5.92 Å². The van der Waals surface area contributed by atoms with Gasteiger partial charge in [-0.25, -0.2) is 4.79 Å². The topological polar surface area (TPSA) is 26.3 Å². The first-order valence-electron chi connectivity index (χ1n) is 9.65. The first-order valence-corrected chi connectivity index (χ1v) is 9.65. The Bertz CT molecular complexity index is 343. The predicted molar refractivity (Wildman–Crippen MR) is 91.8 cm³/mol. The SMILES string of the molecule is CC(=CC1CCCCCCC1)C(=O)OC1CCCCCCC1. The molecule has 0 atom stereocenters. The van der Waals surface area contributed by atoms with Gasteiger partial charge in [-0.15, -0.1) is 0 Å². The highest BCUT2D eigenvalue weighted by molar-refractivity contribution is 5.87. The van der Waals surface area contributed by atoms with Crippen molar-refractivity contribution in [1.82, 2.24) is 0 Å².